The van der Waals surface area contributed by atoms with Crippen LogP contribution in [0, 0.1) is 11.9 Å². The molecule has 0 N–H and O–H groups in total. The molecule has 0 radical (unpaired) electrons. The quantitative estimate of drug-likeness (QED) is 0.429. The number of hydrogen-bond donors (Lipinski definition) is 0. The van der Waals surface area contributed by atoms with Crippen molar-refractivity contribution < 1.29 is 21.6 Å². The van der Waals surface area contributed by atoms with Crippen LogP contribution in [0.4, 0.5) is 4.39 Å². The first-order chi connectivity index (χ1) is 6.72. The summed E-state index contributed by atoms with van der Waals surface area (Å²) in [7, 11) is 0. The number of benzene rings is 1. The fraction of sp³-hybridized carbons (Fsp3) is 0.364. The first-order valence-electron chi connectivity index (χ1n) is 4.71. The maximum absolute atomic E-state index is 12.8. The van der Waals surface area contributed by atoms with Gasteiger partial charge < -0.3 is 17.3 Å². The van der Waals surface area contributed by atoms with E-state index in [4.69, 9.17) is 0 Å². The molecule has 0 spiro atoms. The summed E-state index contributed by atoms with van der Waals surface area (Å²) >= 11 is 0. The SMILES string of the molecule is CCN1CCc2cc(F)[c-]cc2C1=O.[Cl-].[Mg+2]. The van der Waals surface area contributed by atoms with E-state index in [2.05, 4.69) is 6.07 Å². The maximum atomic E-state index is 12.8. The molecule has 2 nitrogen and oxygen atoms in total. The van der Waals surface area contributed by atoms with Crippen LogP contribution in [0.15, 0.2) is 12.1 Å². The fourth-order valence-electron chi connectivity index (χ4n) is 1.74. The summed E-state index contributed by atoms with van der Waals surface area (Å²) in [5, 5.41) is 0. The van der Waals surface area contributed by atoms with Gasteiger partial charge in [-0.25, -0.2) is 4.39 Å². The summed E-state index contributed by atoms with van der Waals surface area (Å²) < 4.78 is 12.8. The monoisotopic (exact) mass is 251 g/mol. The normalized spacial score (nSPS) is 13.6. The van der Waals surface area contributed by atoms with Crippen molar-refractivity contribution >= 4 is 29.0 Å². The average molecular weight is 252 g/mol. The predicted molar refractivity (Wildman–Crippen MR) is 56.3 cm³/mol. The zero-order chi connectivity index (χ0) is 10.1. The van der Waals surface area contributed by atoms with Gasteiger partial charge in [-0.1, -0.05) is 5.56 Å². The smallest absolute Gasteiger partial charge is 1.00 e. The van der Waals surface area contributed by atoms with E-state index >= 15 is 0 Å². The number of fused-ring (bicyclic) bond motifs is 1. The van der Waals surface area contributed by atoms with E-state index in [1.54, 1.807) is 4.90 Å². The van der Waals surface area contributed by atoms with Crippen molar-refractivity contribution in [2.45, 2.75) is 13.3 Å². The molecule has 0 unspecified atom stereocenters. The van der Waals surface area contributed by atoms with Gasteiger partial charge in [0.2, 0.25) is 0 Å². The molecular weight excluding hydrogens is 241 g/mol. The van der Waals surface area contributed by atoms with E-state index in [1.807, 2.05) is 6.92 Å². The number of nitrogens with zero attached hydrogens (tertiary/aromatic N) is 1. The average Bonchev–Trinajstić information content (AvgIpc) is 2.18. The minimum atomic E-state index is -0.388. The Labute approximate surface area is 117 Å². The third kappa shape index (κ3) is 2.87. The zero-order valence-electron chi connectivity index (χ0n) is 9.09. The van der Waals surface area contributed by atoms with Gasteiger partial charge in [0.05, 0.1) is 0 Å². The molecule has 82 valence electrons. The van der Waals surface area contributed by atoms with Crippen LogP contribution in [0.1, 0.15) is 22.8 Å². The number of carbonyl (C=O) groups excluding carboxylic acids is 1. The molecule has 0 aliphatic carbocycles. The van der Waals surface area contributed by atoms with Crippen molar-refractivity contribution in [3.8, 4) is 0 Å². The molecular formula is C11H11ClFMgNO. The fourth-order valence-corrected chi connectivity index (χ4v) is 1.74. The summed E-state index contributed by atoms with van der Waals surface area (Å²) in [5.74, 6) is -0.397. The van der Waals surface area contributed by atoms with Crippen molar-refractivity contribution in [1.82, 2.24) is 4.90 Å². The Hall–Kier alpha value is -0.324. The Morgan fingerprint density at radius 1 is 1.56 bits per heavy atom. The minimum absolute atomic E-state index is 0. The Morgan fingerprint density at radius 3 is 2.88 bits per heavy atom. The Morgan fingerprint density at radius 2 is 2.25 bits per heavy atom. The van der Waals surface area contributed by atoms with Gasteiger partial charge in [0.1, 0.15) is 0 Å². The molecule has 1 heterocycles. The number of likely N-dealkylation sites (N-methyl/N-ethyl adjacent to an activating group) is 1. The van der Waals surface area contributed by atoms with E-state index < -0.39 is 0 Å². The van der Waals surface area contributed by atoms with Gasteiger partial charge >= 0.3 is 23.1 Å². The maximum Gasteiger partial charge on any atom is 2.00 e. The van der Waals surface area contributed by atoms with Crippen LogP contribution >= 0.6 is 0 Å². The molecule has 0 saturated carbocycles. The first kappa shape index (κ1) is 15.7. The zero-order valence-corrected chi connectivity index (χ0v) is 11.3. The van der Waals surface area contributed by atoms with Crippen molar-refractivity contribution in [2.75, 3.05) is 13.1 Å². The molecule has 1 aromatic rings. The van der Waals surface area contributed by atoms with Gasteiger partial charge in [0.15, 0.2) is 5.91 Å². The second kappa shape index (κ2) is 6.42. The van der Waals surface area contributed by atoms with E-state index in [9.17, 15) is 9.18 Å². The Kier molecular flexibility index (Phi) is 6.29. The minimum Gasteiger partial charge on any atom is -1.00 e. The third-order valence-corrected chi connectivity index (χ3v) is 2.55. The summed E-state index contributed by atoms with van der Waals surface area (Å²) in [4.78, 5) is 13.5. The summed E-state index contributed by atoms with van der Waals surface area (Å²) in [6.45, 7) is 3.33. The van der Waals surface area contributed by atoms with Crippen LogP contribution in [-0.4, -0.2) is 46.9 Å². The first-order valence-corrected chi connectivity index (χ1v) is 4.71. The van der Waals surface area contributed by atoms with Gasteiger partial charge in [-0.2, -0.15) is 6.07 Å². The van der Waals surface area contributed by atoms with Gasteiger partial charge in [0.25, 0.3) is 0 Å². The topological polar surface area (TPSA) is 20.3 Å². The molecule has 5 heteroatoms. The molecule has 2 rings (SSSR count). The van der Waals surface area contributed by atoms with Gasteiger partial charge in [0, 0.05) is 18.9 Å². The molecule has 0 fully saturated rings. The van der Waals surface area contributed by atoms with Crippen molar-refractivity contribution in [3.63, 3.8) is 0 Å². The molecule has 0 aromatic heterocycles. The number of amides is 1. The molecule has 1 aromatic carbocycles. The van der Waals surface area contributed by atoms with E-state index in [1.165, 1.54) is 12.1 Å². The predicted octanol–water partition coefficient (Wildman–Crippen LogP) is -1.73. The van der Waals surface area contributed by atoms with Gasteiger partial charge in [-0.05, 0) is 13.3 Å². The van der Waals surface area contributed by atoms with Gasteiger partial charge in [-0.15, -0.1) is 17.7 Å². The summed E-state index contributed by atoms with van der Waals surface area (Å²) in [5.41, 5.74) is 1.40. The van der Waals surface area contributed by atoms with Crippen LogP contribution < -0.4 is 12.4 Å². The van der Waals surface area contributed by atoms with Crippen LogP contribution in [0.3, 0.4) is 0 Å². The van der Waals surface area contributed by atoms with E-state index in [0.29, 0.717) is 18.7 Å². The molecule has 1 aliphatic heterocycles. The van der Waals surface area contributed by atoms with Crippen LogP contribution in [0.5, 0.6) is 0 Å². The molecule has 16 heavy (non-hydrogen) atoms. The van der Waals surface area contributed by atoms with Crippen molar-refractivity contribution in [1.29, 1.82) is 0 Å². The summed E-state index contributed by atoms with van der Waals surface area (Å²) in [6.07, 6.45) is 0.737. The second-order valence-electron chi connectivity index (χ2n) is 3.35. The Balaban J connectivity index is 0.00000112. The van der Waals surface area contributed by atoms with Crippen LogP contribution in [-0.2, 0) is 6.42 Å². The molecule has 1 aliphatic rings. The number of halogens is 2. The van der Waals surface area contributed by atoms with Crippen molar-refractivity contribution in [2.24, 2.45) is 0 Å². The van der Waals surface area contributed by atoms with E-state index in [-0.39, 0.29) is 47.2 Å². The standard InChI is InChI=1S/C11H11FNO.ClH.Mg/c1-2-13-6-5-8-7-9(12)3-4-10(8)11(13)14;;/h4,7H,2,5-6H2,1H3;1H;/q-1;;+2/p-1. The van der Waals surface area contributed by atoms with Crippen LogP contribution in [0.2, 0.25) is 0 Å². The number of hydrogen-bond acceptors (Lipinski definition) is 1. The molecule has 0 saturated heterocycles. The molecule has 0 atom stereocenters. The van der Waals surface area contributed by atoms with Crippen molar-refractivity contribution in [3.05, 3.63) is 35.1 Å². The van der Waals surface area contributed by atoms with Gasteiger partial charge in [-0.3, -0.25) is 4.79 Å². The molecule has 0 bridgehead atoms. The van der Waals surface area contributed by atoms with E-state index in [0.717, 1.165) is 12.0 Å². The number of carbonyl (C=O) groups is 1. The third-order valence-electron chi connectivity index (χ3n) is 2.55. The largest absolute Gasteiger partial charge is 2.00 e. The Bertz CT molecular complexity index is 386. The molecule has 1 amide bonds. The number of rotatable bonds is 1. The van der Waals surface area contributed by atoms with Crippen LogP contribution in [0.25, 0.3) is 0 Å². The summed E-state index contributed by atoms with van der Waals surface area (Å²) in [6, 6.07) is 5.28. The second-order valence-corrected chi connectivity index (χ2v) is 3.35.